The van der Waals surface area contributed by atoms with Crippen molar-refractivity contribution in [2.24, 2.45) is 5.73 Å². The fourth-order valence-electron chi connectivity index (χ4n) is 1.71. The number of benzene rings is 1. The molecule has 0 radical (unpaired) electrons. The first-order valence-electron chi connectivity index (χ1n) is 5.26. The molecular weight excluding hydrogens is 240 g/mol. The van der Waals surface area contributed by atoms with Gasteiger partial charge < -0.3 is 15.4 Å². The van der Waals surface area contributed by atoms with Crippen LogP contribution >= 0.6 is 11.6 Å². The normalized spacial score (nSPS) is 10.2. The molecule has 1 rings (SSSR count). The maximum atomic E-state index is 11.4. The zero-order valence-electron chi connectivity index (χ0n) is 10.3. The molecule has 2 N–H and O–H groups in total. The molecule has 0 atom stereocenters. The van der Waals surface area contributed by atoms with Crippen LogP contribution in [0.25, 0.3) is 0 Å². The molecule has 4 nitrogen and oxygen atoms in total. The van der Waals surface area contributed by atoms with Gasteiger partial charge in [0.05, 0.1) is 13.7 Å². The van der Waals surface area contributed by atoms with Gasteiger partial charge in [-0.3, -0.25) is 4.79 Å². The predicted octanol–water partition coefficient (Wildman–Crippen LogP) is 1.57. The van der Waals surface area contributed by atoms with Gasteiger partial charge in [-0.05, 0) is 24.6 Å². The number of hydrogen-bond donors (Lipinski definition) is 1. The van der Waals surface area contributed by atoms with Gasteiger partial charge in [-0.25, -0.2) is 0 Å². The molecule has 0 unspecified atom stereocenters. The number of halogens is 1. The summed E-state index contributed by atoms with van der Waals surface area (Å²) < 4.78 is 5.32. The summed E-state index contributed by atoms with van der Waals surface area (Å²) in [6.07, 6.45) is 0. The van der Waals surface area contributed by atoms with Crippen molar-refractivity contribution >= 4 is 17.5 Å². The number of likely N-dealkylation sites (N-methyl/N-ethyl adjacent to an activating group) is 1. The molecule has 0 fully saturated rings. The Morgan fingerprint density at radius 3 is 2.71 bits per heavy atom. The van der Waals surface area contributed by atoms with Crippen LogP contribution in [0.1, 0.15) is 11.1 Å². The molecule has 1 amide bonds. The molecule has 5 heteroatoms. The molecule has 0 aliphatic carbocycles. The molecule has 0 bridgehead atoms. The largest absolute Gasteiger partial charge is 0.496 e. The minimum absolute atomic E-state index is 0.00162. The third kappa shape index (κ3) is 3.35. The maximum absolute atomic E-state index is 11.4. The average molecular weight is 257 g/mol. The molecule has 0 saturated carbocycles. The van der Waals surface area contributed by atoms with Gasteiger partial charge in [-0.2, -0.15) is 0 Å². The Balaban J connectivity index is 3.01. The van der Waals surface area contributed by atoms with Crippen LogP contribution in [0.2, 0.25) is 5.02 Å². The number of carbonyl (C=O) groups excluding carboxylic acids is 1. The van der Waals surface area contributed by atoms with Crippen molar-refractivity contribution < 1.29 is 9.53 Å². The molecule has 1 aromatic carbocycles. The molecule has 0 aromatic heterocycles. The lowest BCUT2D eigenvalue weighted by molar-refractivity contribution is -0.128. The Morgan fingerprint density at radius 2 is 2.18 bits per heavy atom. The van der Waals surface area contributed by atoms with Crippen molar-refractivity contribution in [1.82, 2.24) is 4.90 Å². The Morgan fingerprint density at radius 1 is 1.53 bits per heavy atom. The molecule has 0 aliphatic heterocycles. The topological polar surface area (TPSA) is 55.6 Å². The van der Waals surface area contributed by atoms with Crippen LogP contribution in [0, 0.1) is 6.92 Å². The van der Waals surface area contributed by atoms with E-state index in [9.17, 15) is 4.79 Å². The first-order valence-corrected chi connectivity index (χ1v) is 5.64. The van der Waals surface area contributed by atoms with Crippen molar-refractivity contribution in [3.63, 3.8) is 0 Å². The van der Waals surface area contributed by atoms with E-state index in [1.54, 1.807) is 25.1 Å². The number of nitrogens with two attached hydrogens (primary N) is 1. The summed E-state index contributed by atoms with van der Waals surface area (Å²) in [4.78, 5) is 13.0. The number of rotatable bonds is 4. The van der Waals surface area contributed by atoms with Crippen molar-refractivity contribution in [2.45, 2.75) is 13.5 Å². The van der Waals surface area contributed by atoms with Gasteiger partial charge in [-0.1, -0.05) is 11.6 Å². The highest BCUT2D eigenvalue weighted by Gasteiger charge is 2.13. The second-order valence-corrected chi connectivity index (χ2v) is 4.31. The smallest absolute Gasteiger partial charge is 0.236 e. The van der Waals surface area contributed by atoms with E-state index in [0.717, 1.165) is 16.9 Å². The Bertz CT molecular complexity index is 421. The van der Waals surface area contributed by atoms with Gasteiger partial charge in [0.1, 0.15) is 5.75 Å². The van der Waals surface area contributed by atoms with Crippen LogP contribution in [0.5, 0.6) is 5.75 Å². The monoisotopic (exact) mass is 256 g/mol. The summed E-state index contributed by atoms with van der Waals surface area (Å²) in [6.45, 7) is 2.35. The summed E-state index contributed by atoms with van der Waals surface area (Å²) in [5.41, 5.74) is 7.13. The molecule has 17 heavy (non-hydrogen) atoms. The third-order valence-corrected chi connectivity index (χ3v) is 2.75. The van der Waals surface area contributed by atoms with Crippen molar-refractivity contribution in [2.75, 3.05) is 20.7 Å². The third-order valence-electron chi connectivity index (χ3n) is 2.53. The van der Waals surface area contributed by atoms with E-state index in [0.29, 0.717) is 11.6 Å². The van der Waals surface area contributed by atoms with Gasteiger partial charge in [0, 0.05) is 24.2 Å². The minimum Gasteiger partial charge on any atom is -0.496 e. The van der Waals surface area contributed by atoms with E-state index in [-0.39, 0.29) is 12.5 Å². The fraction of sp³-hybridized carbons (Fsp3) is 0.417. The zero-order chi connectivity index (χ0) is 13.0. The van der Waals surface area contributed by atoms with Gasteiger partial charge >= 0.3 is 0 Å². The number of methoxy groups -OCH3 is 1. The van der Waals surface area contributed by atoms with Crippen molar-refractivity contribution in [1.29, 1.82) is 0 Å². The molecule has 94 valence electrons. The molecular formula is C12H17ClN2O2. The Labute approximate surface area is 106 Å². The van der Waals surface area contributed by atoms with Gasteiger partial charge in [0.2, 0.25) is 5.91 Å². The van der Waals surface area contributed by atoms with Gasteiger partial charge in [0.25, 0.3) is 0 Å². The van der Waals surface area contributed by atoms with Crippen molar-refractivity contribution in [3.8, 4) is 5.75 Å². The highest BCUT2D eigenvalue weighted by Crippen LogP contribution is 2.28. The van der Waals surface area contributed by atoms with E-state index in [2.05, 4.69) is 0 Å². The van der Waals surface area contributed by atoms with E-state index in [1.807, 2.05) is 13.0 Å². The lowest BCUT2D eigenvalue weighted by atomic mass is 10.1. The number of carbonyl (C=O) groups is 1. The maximum Gasteiger partial charge on any atom is 0.236 e. The van der Waals surface area contributed by atoms with Crippen LogP contribution < -0.4 is 10.5 Å². The first-order chi connectivity index (χ1) is 7.99. The Kier molecular flexibility index (Phi) is 4.78. The van der Waals surface area contributed by atoms with E-state index < -0.39 is 0 Å². The number of amides is 1. The lowest BCUT2D eigenvalue weighted by Crippen LogP contribution is -2.32. The number of ether oxygens (including phenoxy) is 1. The van der Waals surface area contributed by atoms with Crippen LogP contribution in [0.15, 0.2) is 12.1 Å². The quantitative estimate of drug-likeness (QED) is 0.890. The van der Waals surface area contributed by atoms with Crippen LogP contribution in [-0.4, -0.2) is 31.5 Å². The summed E-state index contributed by atoms with van der Waals surface area (Å²) in [5.74, 6) is 0.635. The predicted molar refractivity (Wildman–Crippen MR) is 68.3 cm³/mol. The lowest BCUT2D eigenvalue weighted by Gasteiger charge is -2.19. The van der Waals surface area contributed by atoms with Gasteiger partial charge in [0.15, 0.2) is 0 Å². The summed E-state index contributed by atoms with van der Waals surface area (Å²) in [6, 6.07) is 3.63. The van der Waals surface area contributed by atoms with E-state index in [1.165, 1.54) is 0 Å². The minimum atomic E-state index is -0.121. The number of hydrogen-bond acceptors (Lipinski definition) is 3. The van der Waals surface area contributed by atoms with Crippen LogP contribution in [-0.2, 0) is 11.3 Å². The highest BCUT2D eigenvalue weighted by molar-refractivity contribution is 6.30. The first kappa shape index (κ1) is 13.8. The van der Waals surface area contributed by atoms with Crippen LogP contribution in [0.4, 0.5) is 0 Å². The summed E-state index contributed by atoms with van der Waals surface area (Å²) >= 11 is 5.99. The molecule has 1 aromatic rings. The summed E-state index contributed by atoms with van der Waals surface area (Å²) in [5, 5.41) is 0.631. The van der Waals surface area contributed by atoms with Gasteiger partial charge in [-0.15, -0.1) is 0 Å². The zero-order valence-corrected chi connectivity index (χ0v) is 11.0. The Hall–Kier alpha value is -1.26. The van der Waals surface area contributed by atoms with Crippen molar-refractivity contribution in [3.05, 3.63) is 28.3 Å². The SMILES string of the molecule is COc1c(C)cc(Cl)cc1CN(C)C(=O)CN. The van der Waals surface area contributed by atoms with Crippen LogP contribution in [0.3, 0.4) is 0 Å². The molecule has 0 heterocycles. The van der Waals surface area contributed by atoms with E-state index >= 15 is 0 Å². The number of aryl methyl sites for hydroxylation is 1. The fourth-order valence-corrected chi connectivity index (χ4v) is 2.00. The van der Waals surface area contributed by atoms with E-state index in [4.69, 9.17) is 22.1 Å². The highest BCUT2D eigenvalue weighted by atomic mass is 35.5. The number of nitrogens with zero attached hydrogens (tertiary/aromatic N) is 1. The molecule has 0 aliphatic rings. The molecule has 0 saturated heterocycles. The standard InChI is InChI=1S/C12H17ClN2O2/c1-8-4-10(13)5-9(12(8)17-3)7-15(2)11(16)6-14/h4-5H,6-7,14H2,1-3H3. The second kappa shape index (κ2) is 5.89. The molecule has 0 spiro atoms. The average Bonchev–Trinajstić information content (AvgIpc) is 2.27. The second-order valence-electron chi connectivity index (χ2n) is 3.87. The summed E-state index contributed by atoms with van der Waals surface area (Å²) in [7, 11) is 3.30.